The van der Waals surface area contributed by atoms with Gasteiger partial charge in [0.1, 0.15) is 58.1 Å². The summed E-state index contributed by atoms with van der Waals surface area (Å²) in [5, 5.41) is 20.2. The minimum absolute atomic E-state index is 0.222. The molecule has 0 atom stereocenters. The van der Waals surface area contributed by atoms with Crippen LogP contribution in [0.4, 0.5) is 0 Å². The first-order chi connectivity index (χ1) is 28.3. The van der Waals surface area contributed by atoms with Crippen molar-refractivity contribution in [1.29, 1.82) is 10.5 Å². The van der Waals surface area contributed by atoms with Gasteiger partial charge < -0.3 is 37.9 Å². The summed E-state index contributed by atoms with van der Waals surface area (Å²) in [6.45, 7) is 0. The molecule has 5 aromatic rings. The SMILES string of the molecule is COc1ccc(OC)c(C#Cc2cc(OC)c(C#Cc3cc(C#N)c(C#Cc4cc(OC)c(C#Cc5cc(OC)ccc5OC)cc4OC)cc3C#N)cc2OC)c1. The molecule has 0 radical (unpaired) electrons. The molecule has 0 fully saturated rings. The van der Waals surface area contributed by atoms with Gasteiger partial charge in [-0.1, -0.05) is 47.4 Å². The standard InChI is InChI=1S/C48H36N2O8/c1-51-41-17-19-43(53-3)33(23-41)13-15-37-27-45(55-5)35(25-47(37)57-7)11-9-31-21-40(30-50)32(22-39(31)29-49)10-12-36-26-48(58-8)38(28-46(36)56-6)16-14-34-24-42(52-2)18-20-44(34)54-4/h17-28H,1-8H3. The third-order valence-corrected chi connectivity index (χ3v) is 8.58. The van der Waals surface area contributed by atoms with Crippen LogP contribution in [0.15, 0.2) is 72.8 Å². The zero-order valence-corrected chi connectivity index (χ0v) is 33.1. The van der Waals surface area contributed by atoms with Crippen molar-refractivity contribution in [2.24, 2.45) is 0 Å². The first-order valence-electron chi connectivity index (χ1n) is 17.3. The van der Waals surface area contributed by atoms with Crippen LogP contribution >= 0.6 is 0 Å². The lowest BCUT2D eigenvalue weighted by Crippen LogP contribution is -1.96. The van der Waals surface area contributed by atoms with Crippen LogP contribution in [0.5, 0.6) is 46.0 Å². The van der Waals surface area contributed by atoms with Gasteiger partial charge in [0.15, 0.2) is 0 Å². The number of rotatable bonds is 8. The summed E-state index contributed by atoms with van der Waals surface area (Å²) in [5.41, 5.74) is 4.41. The second-order valence-corrected chi connectivity index (χ2v) is 11.8. The highest BCUT2D eigenvalue weighted by Crippen LogP contribution is 2.31. The van der Waals surface area contributed by atoms with Crippen molar-refractivity contribution in [3.05, 3.63) is 128 Å². The zero-order valence-electron chi connectivity index (χ0n) is 33.1. The Morgan fingerprint density at radius 1 is 0.276 bits per heavy atom. The molecule has 0 aliphatic carbocycles. The highest BCUT2D eigenvalue weighted by atomic mass is 16.5. The summed E-state index contributed by atoms with van der Waals surface area (Å²) < 4.78 is 44.2. The third kappa shape index (κ3) is 9.32. The second kappa shape index (κ2) is 19.4. The number of benzene rings is 5. The van der Waals surface area contributed by atoms with E-state index in [1.54, 1.807) is 89.1 Å². The van der Waals surface area contributed by atoms with Crippen LogP contribution in [-0.2, 0) is 0 Å². The number of nitriles is 2. The van der Waals surface area contributed by atoms with Gasteiger partial charge in [0.25, 0.3) is 0 Å². The van der Waals surface area contributed by atoms with Gasteiger partial charge in [-0.15, -0.1) is 0 Å². The van der Waals surface area contributed by atoms with E-state index < -0.39 is 0 Å². The van der Waals surface area contributed by atoms with Gasteiger partial charge in [0.2, 0.25) is 0 Å². The van der Waals surface area contributed by atoms with Gasteiger partial charge >= 0.3 is 0 Å². The Kier molecular flexibility index (Phi) is 13.6. The maximum atomic E-state index is 10.1. The van der Waals surface area contributed by atoms with Crippen molar-refractivity contribution in [2.75, 3.05) is 56.9 Å². The zero-order chi connectivity index (χ0) is 41.6. The molecule has 5 aromatic carbocycles. The number of ether oxygens (including phenoxy) is 8. The number of hydrogen-bond donors (Lipinski definition) is 0. The average Bonchev–Trinajstić information content (AvgIpc) is 3.27. The van der Waals surface area contributed by atoms with Crippen LogP contribution in [-0.4, -0.2) is 56.9 Å². The molecule has 0 bridgehead atoms. The molecule has 0 aliphatic heterocycles. The first kappa shape index (κ1) is 40.9. The van der Waals surface area contributed by atoms with E-state index in [0.29, 0.717) is 90.5 Å². The van der Waals surface area contributed by atoms with Gasteiger partial charge in [-0.05, 0) is 48.5 Å². The molecule has 0 amide bonds. The van der Waals surface area contributed by atoms with Crippen LogP contribution in [0.25, 0.3) is 0 Å². The normalized spacial score (nSPS) is 9.48. The van der Waals surface area contributed by atoms with Crippen molar-refractivity contribution < 1.29 is 37.9 Å². The molecule has 10 heteroatoms. The van der Waals surface area contributed by atoms with Crippen LogP contribution in [0.1, 0.15) is 55.6 Å². The van der Waals surface area contributed by atoms with Gasteiger partial charge in [0.05, 0.1) is 101 Å². The summed E-state index contributed by atoms with van der Waals surface area (Å²) in [7, 11) is 12.4. The third-order valence-electron chi connectivity index (χ3n) is 8.58. The molecule has 0 saturated heterocycles. The minimum Gasteiger partial charge on any atom is -0.497 e. The maximum Gasteiger partial charge on any atom is 0.136 e. The number of hydrogen-bond acceptors (Lipinski definition) is 10. The summed E-state index contributed by atoms with van der Waals surface area (Å²) in [6.07, 6.45) is 0. The van der Waals surface area contributed by atoms with Gasteiger partial charge in [-0.25, -0.2) is 0 Å². The molecule has 0 aliphatic rings. The largest absolute Gasteiger partial charge is 0.497 e. The van der Waals surface area contributed by atoms with E-state index in [2.05, 4.69) is 59.5 Å². The molecular formula is C48H36N2O8. The number of nitrogens with zero attached hydrogens (tertiary/aromatic N) is 2. The second-order valence-electron chi connectivity index (χ2n) is 11.8. The highest BCUT2D eigenvalue weighted by molar-refractivity contribution is 5.66. The lowest BCUT2D eigenvalue weighted by molar-refractivity contribution is 0.401. The van der Waals surface area contributed by atoms with Crippen molar-refractivity contribution in [3.8, 4) is 105 Å². The summed E-state index contributed by atoms with van der Waals surface area (Å²) in [5.74, 6) is 28.9. The van der Waals surface area contributed by atoms with E-state index in [-0.39, 0.29) is 11.1 Å². The quantitative estimate of drug-likeness (QED) is 0.151. The average molecular weight is 769 g/mol. The van der Waals surface area contributed by atoms with E-state index in [1.807, 2.05) is 0 Å². The fourth-order valence-corrected chi connectivity index (χ4v) is 5.54. The van der Waals surface area contributed by atoms with Crippen LogP contribution in [0.3, 0.4) is 0 Å². The fourth-order valence-electron chi connectivity index (χ4n) is 5.54. The highest BCUT2D eigenvalue weighted by Gasteiger charge is 2.13. The molecule has 0 heterocycles. The molecule has 0 N–H and O–H groups in total. The molecule has 5 rings (SSSR count). The van der Waals surface area contributed by atoms with Gasteiger partial charge in [-0.3, -0.25) is 0 Å². The molecule has 0 spiro atoms. The maximum absolute atomic E-state index is 10.1. The molecule has 286 valence electrons. The Morgan fingerprint density at radius 2 is 0.534 bits per heavy atom. The Balaban J connectivity index is 1.49. The van der Waals surface area contributed by atoms with E-state index >= 15 is 0 Å². The Hall–Kier alpha value is -8.28. The van der Waals surface area contributed by atoms with Gasteiger partial charge in [-0.2, -0.15) is 10.5 Å². The lowest BCUT2D eigenvalue weighted by Gasteiger charge is -2.09. The van der Waals surface area contributed by atoms with Crippen molar-refractivity contribution in [1.82, 2.24) is 0 Å². The molecule has 0 saturated carbocycles. The number of methoxy groups -OCH3 is 8. The van der Waals surface area contributed by atoms with Crippen molar-refractivity contribution in [2.45, 2.75) is 0 Å². The lowest BCUT2D eigenvalue weighted by atomic mass is 9.99. The van der Waals surface area contributed by atoms with Crippen LogP contribution in [0.2, 0.25) is 0 Å². The molecule has 10 nitrogen and oxygen atoms in total. The molecular weight excluding hydrogens is 733 g/mol. The molecule has 58 heavy (non-hydrogen) atoms. The Bertz CT molecular complexity index is 2540. The summed E-state index contributed by atoms with van der Waals surface area (Å²) in [6, 6.07) is 24.9. The fraction of sp³-hybridized carbons (Fsp3) is 0.167. The Morgan fingerprint density at radius 3 is 0.776 bits per heavy atom. The van der Waals surface area contributed by atoms with Crippen LogP contribution < -0.4 is 37.9 Å². The van der Waals surface area contributed by atoms with E-state index in [4.69, 9.17) is 37.9 Å². The predicted molar refractivity (Wildman–Crippen MR) is 218 cm³/mol. The van der Waals surface area contributed by atoms with Crippen molar-refractivity contribution >= 4 is 0 Å². The molecule has 0 aromatic heterocycles. The van der Waals surface area contributed by atoms with E-state index in [1.165, 1.54) is 40.6 Å². The Labute approximate surface area is 338 Å². The topological polar surface area (TPSA) is 121 Å². The van der Waals surface area contributed by atoms with Gasteiger partial charge in [0, 0.05) is 35.4 Å². The minimum atomic E-state index is 0.222. The monoisotopic (exact) mass is 768 g/mol. The molecule has 0 unspecified atom stereocenters. The van der Waals surface area contributed by atoms with E-state index in [0.717, 1.165) is 0 Å². The smallest absolute Gasteiger partial charge is 0.136 e. The first-order valence-corrected chi connectivity index (χ1v) is 17.3. The predicted octanol–water partition coefficient (Wildman–Crippen LogP) is 7.10. The summed E-state index contributed by atoms with van der Waals surface area (Å²) >= 11 is 0. The summed E-state index contributed by atoms with van der Waals surface area (Å²) in [4.78, 5) is 0. The van der Waals surface area contributed by atoms with Crippen molar-refractivity contribution in [3.63, 3.8) is 0 Å². The van der Waals surface area contributed by atoms with E-state index in [9.17, 15) is 10.5 Å². The van der Waals surface area contributed by atoms with Crippen LogP contribution in [0, 0.1) is 70.0 Å².